The van der Waals surface area contributed by atoms with Crippen LogP contribution < -0.4 is 0 Å². The van der Waals surface area contributed by atoms with Gasteiger partial charge in [0.25, 0.3) is 0 Å². The number of hydrogen-bond donors (Lipinski definition) is 0. The third kappa shape index (κ3) is 4.90. The molecule has 0 fully saturated rings. The predicted octanol–water partition coefficient (Wildman–Crippen LogP) is 3.34. The summed E-state index contributed by atoms with van der Waals surface area (Å²) in [5, 5.41) is 0.921. The molecule has 0 atom stereocenters. The molecule has 0 spiro atoms. The maximum absolute atomic E-state index is 11.6. The van der Waals surface area contributed by atoms with Crippen LogP contribution in [0.15, 0.2) is 5.16 Å². The monoisotopic (exact) mass is 284 g/mol. The number of hydrogen-bond acceptors (Lipinski definition) is 4. The molecule has 0 radical (unpaired) electrons. The number of rotatable bonds is 7. The zero-order valence-corrected chi connectivity index (χ0v) is 13.3. The topological polar surface area (TPSA) is 44.1 Å². The molecule has 0 saturated heterocycles. The van der Waals surface area contributed by atoms with Crippen LogP contribution in [0.25, 0.3) is 0 Å². The average molecular weight is 284 g/mol. The second kappa shape index (κ2) is 7.58. The Kier molecular flexibility index (Phi) is 6.42. The van der Waals surface area contributed by atoms with Crippen LogP contribution in [-0.4, -0.2) is 27.4 Å². The number of thioether (sulfide) groups is 1. The molecule has 1 aromatic rings. The van der Waals surface area contributed by atoms with E-state index in [9.17, 15) is 4.79 Å². The summed E-state index contributed by atoms with van der Waals surface area (Å²) in [6.07, 6.45) is 2.22. The normalized spacial score (nSPS) is 11.1. The molecule has 1 heterocycles. The van der Waals surface area contributed by atoms with Gasteiger partial charge in [0.1, 0.15) is 0 Å². The highest BCUT2D eigenvalue weighted by Gasteiger charge is 2.14. The van der Waals surface area contributed by atoms with Crippen LogP contribution in [0.4, 0.5) is 0 Å². The molecular formula is C14H24N2O2S. The Morgan fingerprint density at radius 1 is 1.42 bits per heavy atom. The van der Waals surface area contributed by atoms with Crippen LogP contribution in [0, 0.1) is 13.8 Å². The third-order valence-electron chi connectivity index (χ3n) is 2.84. The first-order valence-electron chi connectivity index (χ1n) is 6.81. The van der Waals surface area contributed by atoms with Crippen molar-refractivity contribution >= 4 is 17.7 Å². The van der Waals surface area contributed by atoms with Gasteiger partial charge in [-0.2, -0.15) is 0 Å². The average Bonchev–Trinajstić information content (AvgIpc) is 2.59. The van der Waals surface area contributed by atoms with E-state index in [0.29, 0.717) is 5.75 Å². The van der Waals surface area contributed by atoms with E-state index in [1.807, 2.05) is 20.8 Å². The molecule has 1 rings (SSSR count). The summed E-state index contributed by atoms with van der Waals surface area (Å²) < 4.78 is 7.33. The van der Waals surface area contributed by atoms with E-state index < -0.39 is 0 Å². The summed E-state index contributed by atoms with van der Waals surface area (Å²) in [7, 11) is 0. The van der Waals surface area contributed by atoms with E-state index in [1.165, 1.54) is 17.5 Å². The summed E-state index contributed by atoms with van der Waals surface area (Å²) in [5.74, 6) is 0.139. The van der Waals surface area contributed by atoms with Gasteiger partial charge in [-0.05, 0) is 34.1 Å². The highest BCUT2D eigenvalue weighted by Crippen LogP contribution is 2.22. The molecule has 0 saturated carbocycles. The van der Waals surface area contributed by atoms with Gasteiger partial charge in [-0.3, -0.25) is 4.79 Å². The van der Waals surface area contributed by atoms with Crippen molar-refractivity contribution in [2.24, 2.45) is 0 Å². The van der Waals surface area contributed by atoms with Crippen molar-refractivity contribution in [2.45, 2.75) is 65.3 Å². The van der Waals surface area contributed by atoms with Gasteiger partial charge in [-0.1, -0.05) is 25.1 Å². The van der Waals surface area contributed by atoms with Gasteiger partial charge in [-0.15, -0.1) is 0 Å². The molecule has 0 aromatic carbocycles. The van der Waals surface area contributed by atoms with Crippen molar-refractivity contribution in [3.63, 3.8) is 0 Å². The molecular weight excluding hydrogens is 260 g/mol. The fourth-order valence-electron chi connectivity index (χ4n) is 1.73. The second-order valence-corrected chi connectivity index (χ2v) is 5.84. The molecule has 19 heavy (non-hydrogen) atoms. The Morgan fingerprint density at radius 2 is 2.11 bits per heavy atom. The minimum absolute atomic E-state index is 0.0589. The first kappa shape index (κ1) is 16.1. The molecule has 108 valence electrons. The van der Waals surface area contributed by atoms with Crippen LogP contribution >= 0.6 is 11.8 Å². The Labute approximate surface area is 119 Å². The number of nitrogens with zero attached hydrogens (tertiary/aromatic N) is 2. The number of unbranched alkanes of at least 4 members (excludes halogenated alkanes) is 1. The summed E-state index contributed by atoms with van der Waals surface area (Å²) in [6, 6.07) is 0. The smallest absolute Gasteiger partial charge is 0.316 e. The number of aryl methyl sites for hydroxylation is 1. The molecule has 1 aromatic heterocycles. The van der Waals surface area contributed by atoms with Crippen molar-refractivity contribution in [3.05, 3.63) is 11.4 Å². The second-order valence-electron chi connectivity index (χ2n) is 4.90. The van der Waals surface area contributed by atoms with Gasteiger partial charge in [0.15, 0.2) is 5.16 Å². The molecule has 0 amide bonds. The van der Waals surface area contributed by atoms with Crippen LogP contribution in [0.3, 0.4) is 0 Å². The van der Waals surface area contributed by atoms with Crippen molar-refractivity contribution < 1.29 is 9.53 Å². The van der Waals surface area contributed by atoms with Crippen molar-refractivity contribution in [1.82, 2.24) is 9.55 Å². The molecule has 0 aliphatic heterocycles. The highest BCUT2D eigenvalue weighted by atomic mass is 32.2. The van der Waals surface area contributed by atoms with E-state index in [1.54, 1.807) is 0 Å². The van der Waals surface area contributed by atoms with E-state index >= 15 is 0 Å². The third-order valence-corrected chi connectivity index (χ3v) is 3.79. The van der Waals surface area contributed by atoms with Gasteiger partial charge in [0.2, 0.25) is 0 Å². The lowest BCUT2D eigenvalue weighted by molar-refractivity contribution is -0.144. The minimum atomic E-state index is -0.180. The first-order valence-corrected chi connectivity index (χ1v) is 7.80. The van der Waals surface area contributed by atoms with Gasteiger partial charge in [-0.25, -0.2) is 4.98 Å². The van der Waals surface area contributed by atoms with Crippen LogP contribution in [0.1, 0.15) is 45.0 Å². The summed E-state index contributed by atoms with van der Waals surface area (Å²) in [4.78, 5) is 16.1. The summed E-state index contributed by atoms with van der Waals surface area (Å²) >= 11 is 1.46. The molecule has 0 aliphatic rings. The van der Waals surface area contributed by atoms with Crippen LogP contribution in [0.5, 0.6) is 0 Å². The lowest BCUT2D eigenvalue weighted by atomic mass is 10.3. The zero-order chi connectivity index (χ0) is 14.4. The standard InChI is InChI=1S/C14H24N2O2S/c1-6-7-8-16-12(5)11(4)15-14(16)19-9-13(17)18-10(2)3/h10H,6-9H2,1-5H3. The molecule has 0 unspecified atom stereocenters. The Hall–Kier alpha value is -0.970. The van der Waals surface area contributed by atoms with Crippen molar-refractivity contribution in [3.8, 4) is 0 Å². The van der Waals surface area contributed by atoms with Crippen LogP contribution in [-0.2, 0) is 16.1 Å². The molecule has 5 heteroatoms. The first-order chi connectivity index (χ1) is 8.95. The Balaban J connectivity index is 2.66. The number of ether oxygens (including phenoxy) is 1. The number of imidazole rings is 1. The SMILES string of the molecule is CCCCn1c(SCC(=O)OC(C)C)nc(C)c1C. The van der Waals surface area contributed by atoms with Crippen LogP contribution in [0.2, 0.25) is 0 Å². The molecule has 0 bridgehead atoms. The number of carbonyl (C=O) groups is 1. The Bertz CT molecular complexity index is 427. The van der Waals surface area contributed by atoms with Gasteiger partial charge < -0.3 is 9.30 Å². The minimum Gasteiger partial charge on any atom is -0.462 e. The van der Waals surface area contributed by atoms with E-state index in [4.69, 9.17) is 4.74 Å². The van der Waals surface area contributed by atoms with Crippen molar-refractivity contribution in [2.75, 3.05) is 5.75 Å². The number of esters is 1. The largest absolute Gasteiger partial charge is 0.462 e. The fraction of sp³-hybridized carbons (Fsp3) is 0.714. The van der Waals surface area contributed by atoms with Gasteiger partial charge >= 0.3 is 5.97 Å². The number of aromatic nitrogens is 2. The quantitative estimate of drug-likeness (QED) is 0.569. The van der Waals surface area contributed by atoms with E-state index in [2.05, 4.69) is 23.4 Å². The van der Waals surface area contributed by atoms with Gasteiger partial charge in [0, 0.05) is 12.2 Å². The maximum atomic E-state index is 11.6. The zero-order valence-electron chi connectivity index (χ0n) is 12.5. The summed E-state index contributed by atoms with van der Waals surface area (Å²) in [6.45, 7) is 10.9. The van der Waals surface area contributed by atoms with Crippen molar-refractivity contribution in [1.29, 1.82) is 0 Å². The maximum Gasteiger partial charge on any atom is 0.316 e. The molecule has 4 nitrogen and oxygen atoms in total. The fourth-order valence-corrected chi connectivity index (χ4v) is 2.63. The Morgan fingerprint density at radius 3 is 2.68 bits per heavy atom. The molecule has 0 aliphatic carbocycles. The lowest BCUT2D eigenvalue weighted by Gasteiger charge is -2.10. The highest BCUT2D eigenvalue weighted by molar-refractivity contribution is 7.99. The van der Waals surface area contributed by atoms with E-state index in [0.717, 1.165) is 30.2 Å². The summed E-state index contributed by atoms with van der Waals surface area (Å²) in [5.41, 5.74) is 2.23. The number of carbonyl (C=O) groups excluding carboxylic acids is 1. The van der Waals surface area contributed by atoms with Gasteiger partial charge in [0.05, 0.1) is 17.6 Å². The predicted molar refractivity (Wildman–Crippen MR) is 78.6 cm³/mol. The lowest BCUT2D eigenvalue weighted by Crippen LogP contribution is -2.14. The van der Waals surface area contributed by atoms with E-state index in [-0.39, 0.29) is 12.1 Å². The molecule has 0 N–H and O–H groups in total.